The van der Waals surface area contributed by atoms with E-state index in [9.17, 15) is 21.6 Å². The van der Waals surface area contributed by atoms with E-state index in [1.165, 1.54) is 6.07 Å². The van der Waals surface area contributed by atoms with Crippen LogP contribution in [0.25, 0.3) is 5.69 Å². The third-order valence-corrected chi connectivity index (χ3v) is 4.58. The van der Waals surface area contributed by atoms with Crippen molar-refractivity contribution < 1.29 is 21.6 Å². The molecule has 0 amide bonds. The SMILES string of the molecule is Cc1cc(C(C)C)c(S(=O)(=O)Cl)cc1-n1cnc(C(F)(F)F)n1. The smallest absolute Gasteiger partial charge is 0.220 e. The highest BCUT2D eigenvalue weighted by Crippen LogP contribution is 2.31. The Bertz CT molecular complexity index is 845. The summed E-state index contributed by atoms with van der Waals surface area (Å²) in [6.07, 6.45) is -3.80. The number of rotatable bonds is 3. The molecule has 1 aromatic heterocycles. The summed E-state index contributed by atoms with van der Waals surface area (Å²) in [6.45, 7) is 5.22. The van der Waals surface area contributed by atoms with Gasteiger partial charge in [-0.15, -0.1) is 5.10 Å². The Morgan fingerprint density at radius 3 is 2.30 bits per heavy atom. The molecule has 0 unspecified atom stereocenters. The van der Waals surface area contributed by atoms with Crippen molar-refractivity contribution in [3.63, 3.8) is 0 Å². The number of nitrogens with zero attached hydrogens (tertiary/aromatic N) is 3. The average Bonchev–Trinajstić information content (AvgIpc) is 2.86. The second-order valence-corrected chi connectivity index (χ2v) is 7.81. The summed E-state index contributed by atoms with van der Waals surface area (Å²) >= 11 is 0. The van der Waals surface area contributed by atoms with Gasteiger partial charge < -0.3 is 0 Å². The molecule has 0 aliphatic rings. The van der Waals surface area contributed by atoms with Crippen LogP contribution in [0.5, 0.6) is 0 Å². The quantitative estimate of drug-likeness (QED) is 0.777. The first kappa shape index (κ1) is 17.7. The van der Waals surface area contributed by atoms with E-state index in [2.05, 4.69) is 10.1 Å². The van der Waals surface area contributed by atoms with Gasteiger partial charge in [-0.25, -0.2) is 18.1 Å². The fraction of sp³-hybridized carbons (Fsp3) is 0.385. The Hall–Kier alpha value is -1.61. The van der Waals surface area contributed by atoms with E-state index in [1.54, 1.807) is 26.8 Å². The molecule has 5 nitrogen and oxygen atoms in total. The average molecular weight is 368 g/mol. The fourth-order valence-corrected chi connectivity index (χ4v) is 3.35. The molecule has 2 rings (SSSR count). The first-order valence-electron chi connectivity index (χ1n) is 6.49. The molecule has 0 spiro atoms. The first-order valence-corrected chi connectivity index (χ1v) is 8.80. The van der Waals surface area contributed by atoms with Crippen LogP contribution in [-0.2, 0) is 15.2 Å². The zero-order valence-electron chi connectivity index (χ0n) is 12.4. The molecule has 23 heavy (non-hydrogen) atoms. The highest BCUT2D eigenvalue weighted by atomic mass is 35.7. The normalized spacial score (nSPS) is 12.9. The Morgan fingerprint density at radius 2 is 1.87 bits per heavy atom. The molecule has 10 heteroatoms. The number of halogens is 4. The third-order valence-electron chi connectivity index (χ3n) is 3.21. The lowest BCUT2D eigenvalue weighted by molar-refractivity contribution is -0.144. The van der Waals surface area contributed by atoms with Gasteiger partial charge in [0.05, 0.1) is 10.6 Å². The second-order valence-electron chi connectivity index (χ2n) is 5.28. The van der Waals surface area contributed by atoms with Crippen LogP contribution in [0.4, 0.5) is 13.2 Å². The molecule has 1 aromatic carbocycles. The number of aryl methyl sites for hydroxylation is 1. The van der Waals surface area contributed by atoms with Gasteiger partial charge in [-0.3, -0.25) is 0 Å². The standard InChI is InChI=1S/C13H13ClF3N3O2S/c1-7(2)9-4-8(3)10(5-11(9)23(14,21)22)20-6-18-12(19-20)13(15,16)17/h4-7H,1-3H3. The van der Waals surface area contributed by atoms with Crippen molar-refractivity contribution in [2.45, 2.75) is 37.8 Å². The van der Waals surface area contributed by atoms with E-state index in [4.69, 9.17) is 10.7 Å². The van der Waals surface area contributed by atoms with E-state index in [0.29, 0.717) is 11.1 Å². The molecule has 2 aromatic rings. The van der Waals surface area contributed by atoms with Crippen LogP contribution in [0.1, 0.15) is 36.7 Å². The van der Waals surface area contributed by atoms with Crippen LogP contribution >= 0.6 is 10.7 Å². The summed E-state index contributed by atoms with van der Waals surface area (Å²) < 4.78 is 62.2. The number of hydrogen-bond donors (Lipinski definition) is 0. The van der Waals surface area contributed by atoms with Crippen molar-refractivity contribution in [3.05, 3.63) is 35.4 Å². The van der Waals surface area contributed by atoms with E-state index < -0.39 is 21.1 Å². The molecule has 0 N–H and O–H groups in total. The molecule has 0 atom stereocenters. The summed E-state index contributed by atoms with van der Waals surface area (Å²) in [5.74, 6) is -1.44. The maximum absolute atomic E-state index is 12.6. The highest BCUT2D eigenvalue weighted by Gasteiger charge is 2.36. The lowest BCUT2D eigenvalue weighted by atomic mass is 10.00. The van der Waals surface area contributed by atoms with Crippen LogP contribution in [0, 0.1) is 6.92 Å². The monoisotopic (exact) mass is 367 g/mol. The van der Waals surface area contributed by atoms with E-state index >= 15 is 0 Å². The van der Waals surface area contributed by atoms with Crippen LogP contribution in [0.2, 0.25) is 0 Å². The lowest BCUT2D eigenvalue weighted by Crippen LogP contribution is -2.10. The summed E-state index contributed by atoms with van der Waals surface area (Å²) in [6, 6.07) is 2.78. The molecular weight excluding hydrogens is 355 g/mol. The van der Waals surface area contributed by atoms with E-state index in [-0.39, 0.29) is 16.5 Å². The van der Waals surface area contributed by atoms with Gasteiger partial charge in [-0.1, -0.05) is 19.9 Å². The van der Waals surface area contributed by atoms with Gasteiger partial charge in [0, 0.05) is 10.7 Å². The molecule has 0 aliphatic heterocycles. The zero-order valence-corrected chi connectivity index (χ0v) is 14.0. The molecular formula is C13H13ClF3N3O2S. The van der Waals surface area contributed by atoms with Crippen molar-refractivity contribution in [2.24, 2.45) is 0 Å². The van der Waals surface area contributed by atoms with Crippen LogP contribution in [0.15, 0.2) is 23.4 Å². The molecule has 0 radical (unpaired) electrons. The highest BCUT2D eigenvalue weighted by molar-refractivity contribution is 8.13. The van der Waals surface area contributed by atoms with E-state index in [0.717, 1.165) is 11.0 Å². The predicted molar refractivity (Wildman–Crippen MR) is 78.2 cm³/mol. The summed E-state index contributed by atoms with van der Waals surface area (Å²) in [7, 11) is 1.39. The fourth-order valence-electron chi connectivity index (χ4n) is 2.12. The molecule has 1 heterocycles. The van der Waals surface area contributed by atoms with Crippen LogP contribution in [0.3, 0.4) is 0 Å². The maximum Gasteiger partial charge on any atom is 0.453 e. The number of aromatic nitrogens is 3. The topological polar surface area (TPSA) is 64.8 Å². The van der Waals surface area contributed by atoms with Gasteiger partial charge in [0.2, 0.25) is 0 Å². The molecule has 126 valence electrons. The van der Waals surface area contributed by atoms with Gasteiger partial charge in [-0.2, -0.15) is 13.2 Å². The van der Waals surface area contributed by atoms with Crippen molar-refractivity contribution in [3.8, 4) is 5.69 Å². The molecule has 0 saturated carbocycles. The largest absolute Gasteiger partial charge is 0.453 e. The minimum atomic E-state index is -4.68. The van der Waals surface area contributed by atoms with Crippen molar-refractivity contribution in [1.29, 1.82) is 0 Å². The van der Waals surface area contributed by atoms with Crippen molar-refractivity contribution in [1.82, 2.24) is 14.8 Å². The Labute approximate surface area is 135 Å². The van der Waals surface area contributed by atoms with Gasteiger partial charge in [0.1, 0.15) is 6.33 Å². The number of hydrogen-bond acceptors (Lipinski definition) is 4. The summed E-state index contributed by atoms with van der Waals surface area (Å²) in [5.41, 5.74) is 1.20. The third kappa shape index (κ3) is 3.66. The molecule has 0 fully saturated rings. The molecule has 0 bridgehead atoms. The molecule has 0 aliphatic carbocycles. The van der Waals surface area contributed by atoms with E-state index in [1.807, 2.05) is 0 Å². The minimum Gasteiger partial charge on any atom is -0.220 e. The van der Waals surface area contributed by atoms with Crippen LogP contribution in [-0.4, -0.2) is 23.2 Å². The molecule has 0 saturated heterocycles. The van der Waals surface area contributed by atoms with Crippen molar-refractivity contribution in [2.75, 3.05) is 0 Å². The summed E-state index contributed by atoms with van der Waals surface area (Å²) in [4.78, 5) is 3.04. The summed E-state index contributed by atoms with van der Waals surface area (Å²) in [5, 5.41) is 3.35. The van der Waals surface area contributed by atoms with Crippen LogP contribution < -0.4 is 0 Å². The van der Waals surface area contributed by atoms with Crippen molar-refractivity contribution >= 4 is 19.7 Å². The zero-order chi connectivity index (χ0) is 17.6. The number of benzene rings is 1. The minimum absolute atomic E-state index is 0.132. The first-order chi connectivity index (χ1) is 10.4. The van der Waals surface area contributed by atoms with Gasteiger partial charge in [0.15, 0.2) is 0 Å². The lowest BCUT2D eigenvalue weighted by Gasteiger charge is -2.15. The van der Waals surface area contributed by atoms with Gasteiger partial charge in [0.25, 0.3) is 14.9 Å². The Morgan fingerprint density at radius 1 is 1.26 bits per heavy atom. The maximum atomic E-state index is 12.6. The van der Waals surface area contributed by atoms with Gasteiger partial charge >= 0.3 is 6.18 Å². The predicted octanol–water partition coefficient (Wildman–Crippen LogP) is 3.65. The Balaban J connectivity index is 2.67. The second kappa shape index (κ2) is 5.79. The van der Waals surface area contributed by atoms with Gasteiger partial charge in [-0.05, 0) is 30.0 Å². The Kier molecular flexibility index (Phi) is 4.46. The number of alkyl halides is 3.